The highest BCUT2D eigenvalue weighted by atomic mass is 35.5. The van der Waals surface area contributed by atoms with Crippen LogP contribution in [0, 0.1) is 12.7 Å². The number of halogens is 2. The first kappa shape index (κ1) is 24.2. The van der Waals surface area contributed by atoms with E-state index in [0.29, 0.717) is 44.3 Å². The number of hydrogen-bond donors (Lipinski definition) is 1. The second kappa shape index (κ2) is 9.76. The number of rotatable bonds is 8. The van der Waals surface area contributed by atoms with Gasteiger partial charge in [0.05, 0.1) is 12.7 Å². The second-order valence-corrected chi connectivity index (χ2v) is 8.41. The quantitative estimate of drug-likeness (QED) is 0.334. The number of hydrogen-bond acceptors (Lipinski definition) is 5. The van der Waals surface area contributed by atoms with E-state index in [-0.39, 0.29) is 18.1 Å². The van der Waals surface area contributed by atoms with Gasteiger partial charge in [-0.15, -0.1) is 0 Å². The zero-order valence-corrected chi connectivity index (χ0v) is 20.0. The predicted octanol–water partition coefficient (Wildman–Crippen LogP) is 5.28. The van der Waals surface area contributed by atoms with E-state index in [1.807, 2.05) is 11.5 Å². The molecule has 0 spiro atoms. The van der Waals surface area contributed by atoms with E-state index < -0.39 is 17.9 Å². The third-order valence-corrected chi connectivity index (χ3v) is 5.92. The summed E-state index contributed by atoms with van der Waals surface area (Å²) in [5.74, 6) is -1.86. The van der Waals surface area contributed by atoms with Crippen LogP contribution >= 0.6 is 11.6 Å². The zero-order valence-electron chi connectivity index (χ0n) is 19.2. The van der Waals surface area contributed by atoms with Gasteiger partial charge >= 0.3 is 5.97 Å². The van der Waals surface area contributed by atoms with Crippen molar-refractivity contribution in [2.45, 2.75) is 26.5 Å². The van der Waals surface area contributed by atoms with Gasteiger partial charge in [-0.1, -0.05) is 17.7 Å². The molecule has 7 nitrogen and oxygen atoms in total. The Morgan fingerprint density at radius 3 is 2.51 bits per heavy atom. The van der Waals surface area contributed by atoms with E-state index in [2.05, 4.69) is 4.98 Å². The zero-order chi connectivity index (χ0) is 25.3. The summed E-state index contributed by atoms with van der Waals surface area (Å²) >= 11 is 5.98. The molecule has 0 aliphatic carbocycles. The minimum Gasteiger partial charge on any atom is -0.481 e. The van der Waals surface area contributed by atoms with Crippen LogP contribution in [0.2, 0.25) is 5.02 Å². The molecule has 0 bridgehead atoms. The summed E-state index contributed by atoms with van der Waals surface area (Å²) in [4.78, 5) is 29.1. The van der Waals surface area contributed by atoms with Crippen LogP contribution < -0.4 is 9.47 Å². The van der Waals surface area contributed by atoms with Crippen molar-refractivity contribution in [3.63, 3.8) is 0 Å². The van der Waals surface area contributed by atoms with Gasteiger partial charge < -0.3 is 19.1 Å². The number of fused-ring (bicyclic) bond motifs is 1. The van der Waals surface area contributed by atoms with Crippen molar-refractivity contribution < 1.29 is 28.6 Å². The number of carboxylic acid groups (broad SMARTS) is 1. The summed E-state index contributed by atoms with van der Waals surface area (Å²) in [6.07, 6.45) is -1.22. The summed E-state index contributed by atoms with van der Waals surface area (Å²) in [5, 5.41) is 10.3. The van der Waals surface area contributed by atoms with E-state index in [0.717, 1.165) is 0 Å². The Balaban J connectivity index is 1.81. The topological polar surface area (TPSA) is 90.7 Å². The van der Waals surface area contributed by atoms with Crippen LogP contribution in [0.3, 0.4) is 0 Å². The summed E-state index contributed by atoms with van der Waals surface area (Å²) in [6.45, 7) is 3.36. The molecule has 0 saturated carbocycles. The summed E-state index contributed by atoms with van der Waals surface area (Å²) in [5.41, 5.74) is 2.77. The average molecular weight is 497 g/mol. The monoisotopic (exact) mass is 496 g/mol. The summed E-state index contributed by atoms with van der Waals surface area (Å²) in [7, 11) is 1.50. The highest BCUT2D eigenvalue weighted by Gasteiger charge is 2.23. The van der Waals surface area contributed by atoms with Crippen LogP contribution in [0.1, 0.15) is 34.1 Å². The number of pyridine rings is 1. The Labute approximate surface area is 205 Å². The molecule has 2 heterocycles. The fraction of sp³-hybridized carbons (Fsp3) is 0.192. The Hall–Kier alpha value is -3.91. The number of aromatic nitrogens is 2. The molecule has 0 aliphatic rings. The Morgan fingerprint density at radius 1 is 1.14 bits per heavy atom. The van der Waals surface area contributed by atoms with Gasteiger partial charge in [-0.05, 0) is 61.9 Å². The van der Waals surface area contributed by atoms with Crippen LogP contribution in [0.4, 0.5) is 4.39 Å². The first-order valence-electron chi connectivity index (χ1n) is 10.7. The van der Waals surface area contributed by atoms with Crippen LogP contribution in [0.5, 0.6) is 11.6 Å². The number of benzene rings is 2. The molecule has 4 rings (SSSR count). The number of methoxy groups -OCH3 is 1. The SMILES string of the molecule is COc1ccc2c(C(=O)c3ccc(Cl)cc3)c(C)n(Cc3ccc(F)c(O[C@H](C)C(=O)O)c3)c2n1. The second-order valence-electron chi connectivity index (χ2n) is 7.97. The fourth-order valence-corrected chi connectivity index (χ4v) is 3.95. The highest BCUT2D eigenvalue weighted by Crippen LogP contribution is 2.31. The summed E-state index contributed by atoms with van der Waals surface area (Å²) in [6, 6.07) is 14.3. The first-order chi connectivity index (χ1) is 16.7. The molecular formula is C26H22ClFN2O5. The van der Waals surface area contributed by atoms with Gasteiger partial charge in [-0.25, -0.2) is 9.18 Å². The van der Waals surface area contributed by atoms with Gasteiger partial charge in [0, 0.05) is 34.3 Å². The largest absolute Gasteiger partial charge is 0.481 e. The highest BCUT2D eigenvalue weighted by molar-refractivity contribution is 6.30. The smallest absolute Gasteiger partial charge is 0.344 e. The molecule has 4 aromatic rings. The normalized spacial score (nSPS) is 11.9. The minimum absolute atomic E-state index is 0.172. The predicted molar refractivity (Wildman–Crippen MR) is 129 cm³/mol. The Bertz CT molecular complexity index is 1430. The number of ketones is 1. The van der Waals surface area contributed by atoms with E-state index in [1.165, 1.54) is 26.2 Å². The molecule has 1 atom stereocenters. The van der Waals surface area contributed by atoms with Crippen molar-refractivity contribution in [1.82, 2.24) is 9.55 Å². The van der Waals surface area contributed by atoms with Gasteiger partial charge in [0.25, 0.3) is 0 Å². The first-order valence-corrected chi connectivity index (χ1v) is 11.1. The lowest BCUT2D eigenvalue weighted by molar-refractivity contribution is -0.144. The number of nitrogens with zero attached hydrogens (tertiary/aromatic N) is 2. The van der Waals surface area contributed by atoms with Gasteiger partial charge in [0.1, 0.15) is 5.65 Å². The van der Waals surface area contributed by atoms with E-state index in [4.69, 9.17) is 26.2 Å². The van der Waals surface area contributed by atoms with Gasteiger partial charge in [0.15, 0.2) is 23.5 Å². The lowest BCUT2D eigenvalue weighted by Crippen LogP contribution is -2.23. The lowest BCUT2D eigenvalue weighted by Gasteiger charge is -2.14. The van der Waals surface area contributed by atoms with Crippen molar-refractivity contribution in [2.75, 3.05) is 7.11 Å². The molecule has 0 aliphatic heterocycles. The number of carbonyl (C=O) groups excluding carboxylic acids is 1. The third-order valence-electron chi connectivity index (χ3n) is 5.67. The van der Waals surface area contributed by atoms with Gasteiger partial charge in [-0.2, -0.15) is 4.98 Å². The van der Waals surface area contributed by atoms with E-state index >= 15 is 0 Å². The molecular weight excluding hydrogens is 475 g/mol. The van der Waals surface area contributed by atoms with Crippen LogP contribution in [0.15, 0.2) is 54.6 Å². The molecule has 0 saturated heterocycles. The number of ether oxygens (including phenoxy) is 2. The standard InChI is InChI=1S/C26H22ClFN2O5/c1-14-23(24(31)17-5-7-18(27)8-6-17)19-9-11-22(34-3)29-25(19)30(14)13-16-4-10-20(28)21(12-16)35-15(2)26(32)33/h4-12,15H,13H2,1-3H3,(H,32,33)/t15-/m1/s1. The maximum absolute atomic E-state index is 14.3. The van der Waals surface area contributed by atoms with E-state index in [9.17, 15) is 14.0 Å². The molecule has 9 heteroatoms. The molecule has 1 N–H and O–H groups in total. The molecule has 2 aromatic heterocycles. The fourth-order valence-electron chi connectivity index (χ4n) is 3.82. The number of aliphatic carboxylic acids is 1. The van der Waals surface area contributed by atoms with Crippen LogP contribution in [-0.2, 0) is 11.3 Å². The third kappa shape index (κ3) is 4.83. The Kier molecular flexibility index (Phi) is 6.75. The van der Waals surface area contributed by atoms with Crippen LogP contribution in [0.25, 0.3) is 11.0 Å². The molecule has 0 unspecified atom stereocenters. The van der Waals surface area contributed by atoms with Crippen molar-refractivity contribution >= 4 is 34.4 Å². The maximum atomic E-state index is 14.3. The number of carboxylic acids is 1. The molecule has 180 valence electrons. The molecule has 35 heavy (non-hydrogen) atoms. The average Bonchev–Trinajstić information content (AvgIpc) is 3.11. The Morgan fingerprint density at radius 2 is 1.86 bits per heavy atom. The molecule has 0 radical (unpaired) electrons. The van der Waals surface area contributed by atoms with Crippen LogP contribution in [-0.4, -0.2) is 39.6 Å². The van der Waals surface area contributed by atoms with Gasteiger partial charge in [-0.3, -0.25) is 4.79 Å². The van der Waals surface area contributed by atoms with E-state index in [1.54, 1.807) is 42.5 Å². The molecule has 0 amide bonds. The maximum Gasteiger partial charge on any atom is 0.344 e. The van der Waals surface area contributed by atoms with Gasteiger partial charge in [0.2, 0.25) is 5.88 Å². The van der Waals surface area contributed by atoms with Crippen molar-refractivity contribution in [3.05, 3.63) is 87.8 Å². The lowest BCUT2D eigenvalue weighted by atomic mass is 10.0. The summed E-state index contributed by atoms with van der Waals surface area (Å²) < 4.78 is 26.7. The molecule has 0 fully saturated rings. The minimum atomic E-state index is -1.22. The molecule has 2 aromatic carbocycles. The van der Waals surface area contributed by atoms with Crippen molar-refractivity contribution in [3.8, 4) is 11.6 Å². The number of carbonyl (C=O) groups is 2. The van der Waals surface area contributed by atoms with Crippen molar-refractivity contribution in [2.24, 2.45) is 0 Å². The van der Waals surface area contributed by atoms with Crippen molar-refractivity contribution in [1.29, 1.82) is 0 Å².